The minimum Gasteiger partial charge on any atom is -0.493 e. The van der Waals surface area contributed by atoms with E-state index in [1.165, 1.54) is 12.8 Å². The average Bonchev–Trinajstić information content (AvgIpc) is 3.36. The molecule has 2 aromatic carbocycles. The van der Waals surface area contributed by atoms with Crippen molar-refractivity contribution in [3.8, 4) is 11.5 Å². The summed E-state index contributed by atoms with van der Waals surface area (Å²) in [6.45, 7) is 0.597. The number of benzene rings is 2. The van der Waals surface area contributed by atoms with Gasteiger partial charge in [0.25, 0.3) is 5.91 Å². The number of ether oxygens (including phenoxy) is 2. The molecule has 6 heteroatoms. The van der Waals surface area contributed by atoms with Crippen molar-refractivity contribution in [3.05, 3.63) is 78.1 Å². The number of carbonyl (C=O) groups is 1. The predicted molar refractivity (Wildman–Crippen MR) is 126 cm³/mol. The van der Waals surface area contributed by atoms with Crippen molar-refractivity contribution in [1.82, 2.24) is 10.3 Å². The molecule has 32 heavy (non-hydrogen) atoms. The molecule has 3 aromatic rings. The maximum Gasteiger partial charge on any atom is 0.251 e. The van der Waals surface area contributed by atoms with Gasteiger partial charge in [0, 0.05) is 49.0 Å². The van der Waals surface area contributed by atoms with E-state index in [0.717, 1.165) is 41.3 Å². The zero-order valence-corrected chi connectivity index (χ0v) is 18.6. The van der Waals surface area contributed by atoms with E-state index in [1.54, 1.807) is 20.4 Å². The number of carbonyl (C=O) groups excluding carboxylic acids is 1. The Morgan fingerprint density at radius 1 is 1.06 bits per heavy atom. The number of hydrogen-bond acceptors (Lipinski definition) is 5. The van der Waals surface area contributed by atoms with Crippen LogP contribution in [-0.4, -0.2) is 31.2 Å². The molecule has 0 aliphatic heterocycles. The number of pyridine rings is 1. The molecule has 1 fully saturated rings. The fourth-order valence-electron chi connectivity index (χ4n) is 4.08. The molecular weight excluding hydrogens is 402 g/mol. The number of rotatable bonds is 8. The van der Waals surface area contributed by atoms with Crippen LogP contribution in [0.2, 0.25) is 0 Å². The molecule has 166 valence electrons. The van der Waals surface area contributed by atoms with Gasteiger partial charge in [-0.25, -0.2) is 0 Å². The van der Waals surface area contributed by atoms with Gasteiger partial charge in [0.15, 0.2) is 11.5 Å². The number of methoxy groups -OCH3 is 1. The minimum atomic E-state index is -0.117. The van der Waals surface area contributed by atoms with Crippen LogP contribution in [0.1, 0.15) is 41.6 Å². The lowest BCUT2D eigenvalue weighted by Gasteiger charge is -2.27. The minimum absolute atomic E-state index is 0.117. The van der Waals surface area contributed by atoms with Crippen LogP contribution in [0, 0.1) is 0 Å². The fraction of sp³-hybridized carbons (Fsp3) is 0.308. The Hall–Kier alpha value is -3.54. The number of nitrogens with zero attached hydrogens (tertiary/aromatic N) is 2. The van der Waals surface area contributed by atoms with Crippen molar-refractivity contribution in [2.24, 2.45) is 0 Å². The SMILES string of the molecule is CNC(=O)c1cccc(N(Cc2cccnc2)c2ccc(OC)c(OC3CCCC3)c2)c1. The van der Waals surface area contributed by atoms with Gasteiger partial charge >= 0.3 is 0 Å². The normalized spacial score (nSPS) is 13.6. The summed E-state index contributed by atoms with van der Waals surface area (Å²) in [6.07, 6.45) is 8.39. The standard InChI is InChI=1S/C26H29N3O3/c1-27-26(30)20-8-5-9-21(15-20)29(18-19-7-6-14-28-17-19)22-12-13-24(31-2)25(16-22)32-23-10-3-4-11-23/h5-9,12-17,23H,3-4,10-11,18H2,1-2H3,(H,27,30). The van der Waals surface area contributed by atoms with Crippen LogP contribution in [-0.2, 0) is 6.54 Å². The van der Waals surface area contributed by atoms with E-state index in [9.17, 15) is 4.79 Å². The molecule has 6 nitrogen and oxygen atoms in total. The van der Waals surface area contributed by atoms with Crippen molar-refractivity contribution < 1.29 is 14.3 Å². The van der Waals surface area contributed by atoms with Crippen molar-refractivity contribution in [2.45, 2.75) is 38.3 Å². The van der Waals surface area contributed by atoms with Crippen molar-refractivity contribution in [2.75, 3.05) is 19.1 Å². The maximum absolute atomic E-state index is 12.2. The van der Waals surface area contributed by atoms with Crippen molar-refractivity contribution >= 4 is 17.3 Å². The first-order valence-corrected chi connectivity index (χ1v) is 11.0. The van der Waals surface area contributed by atoms with Crippen LogP contribution >= 0.6 is 0 Å². The molecule has 1 saturated carbocycles. The van der Waals surface area contributed by atoms with Gasteiger partial charge < -0.3 is 19.7 Å². The van der Waals surface area contributed by atoms with Gasteiger partial charge in [-0.05, 0) is 67.6 Å². The second kappa shape index (κ2) is 10.2. The van der Waals surface area contributed by atoms with Crippen LogP contribution in [0.25, 0.3) is 0 Å². The molecule has 0 atom stereocenters. The lowest BCUT2D eigenvalue weighted by atomic mass is 10.1. The first-order valence-electron chi connectivity index (χ1n) is 11.0. The highest BCUT2D eigenvalue weighted by molar-refractivity contribution is 5.95. The maximum atomic E-state index is 12.2. The lowest BCUT2D eigenvalue weighted by Crippen LogP contribution is -2.20. The highest BCUT2D eigenvalue weighted by Crippen LogP contribution is 2.38. The molecule has 0 spiro atoms. The second-order valence-corrected chi connectivity index (χ2v) is 7.94. The summed E-state index contributed by atoms with van der Waals surface area (Å²) < 4.78 is 11.9. The van der Waals surface area contributed by atoms with E-state index in [-0.39, 0.29) is 12.0 Å². The summed E-state index contributed by atoms with van der Waals surface area (Å²) >= 11 is 0. The zero-order valence-electron chi connectivity index (χ0n) is 18.6. The highest BCUT2D eigenvalue weighted by Gasteiger charge is 2.20. The van der Waals surface area contributed by atoms with Crippen LogP contribution in [0.4, 0.5) is 11.4 Å². The highest BCUT2D eigenvalue weighted by atomic mass is 16.5. The third-order valence-electron chi connectivity index (χ3n) is 5.77. The van der Waals surface area contributed by atoms with Gasteiger partial charge in [0.2, 0.25) is 0 Å². The monoisotopic (exact) mass is 431 g/mol. The first kappa shape index (κ1) is 21.7. The van der Waals surface area contributed by atoms with Gasteiger partial charge in [-0.1, -0.05) is 12.1 Å². The van der Waals surface area contributed by atoms with E-state index < -0.39 is 0 Å². The number of aromatic nitrogens is 1. The average molecular weight is 432 g/mol. The van der Waals surface area contributed by atoms with E-state index in [0.29, 0.717) is 12.1 Å². The van der Waals surface area contributed by atoms with E-state index in [2.05, 4.69) is 15.2 Å². The van der Waals surface area contributed by atoms with Gasteiger partial charge in [-0.15, -0.1) is 0 Å². The van der Waals surface area contributed by atoms with Gasteiger partial charge in [-0.2, -0.15) is 0 Å². The molecule has 1 aliphatic carbocycles. The Morgan fingerprint density at radius 2 is 1.88 bits per heavy atom. The summed E-state index contributed by atoms with van der Waals surface area (Å²) in [5, 5.41) is 2.70. The fourth-order valence-corrected chi connectivity index (χ4v) is 4.08. The van der Waals surface area contributed by atoms with Crippen LogP contribution in [0.3, 0.4) is 0 Å². The Morgan fingerprint density at radius 3 is 2.59 bits per heavy atom. The number of amides is 1. The van der Waals surface area contributed by atoms with Crippen molar-refractivity contribution in [1.29, 1.82) is 0 Å². The molecule has 1 heterocycles. The zero-order chi connectivity index (χ0) is 22.3. The third kappa shape index (κ3) is 5.02. The second-order valence-electron chi connectivity index (χ2n) is 7.94. The molecule has 1 amide bonds. The molecule has 4 rings (SSSR count). The predicted octanol–water partition coefficient (Wildman–Crippen LogP) is 5.11. The van der Waals surface area contributed by atoms with Crippen LogP contribution < -0.4 is 19.7 Å². The number of anilines is 2. The quantitative estimate of drug-likeness (QED) is 0.537. The molecule has 0 saturated heterocycles. The van der Waals surface area contributed by atoms with E-state index in [4.69, 9.17) is 9.47 Å². The van der Waals surface area contributed by atoms with E-state index >= 15 is 0 Å². The van der Waals surface area contributed by atoms with Gasteiger partial charge in [-0.3, -0.25) is 9.78 Å². The smallest absolute Gasteiger partial charge is 0.251 e. The largest absolute Gasteiger partial charge is 0.493 e. The van der Waals surface area contributed by atoms with E-state index in [1.807, 2.05) is 60.8 Å². The summed E-state index contributed by atoms with van der Waals surface area (Å²) in [5.74, 6) is 1.35. The Kier molecular flexibility index (Phi) is 6.90. The molecule has 0 bridgehead atoms. The summed E-state index contributed by atoms with van der Waals surface area (Å²) in [6, 6.07) is 17.6. The molecule has 0 unspecified atom stereocenters. The molecular formula is C26H29N3O3. The molecule has 1 aromatic heterocycles. The summed E-state index contributed by atoms with van der Waals surface area (Å²) in [5.41, 5.74) is 3.53. The molecule has 0 radical (unpaired) electrons. The molecule has 1 aliphatic rings. The number of hydrogen-bond donors (Lipinski definition) is 1. The first-order chi connectivity index (χ1) is 15.7. The summed E-state index contributed by atoms with van der Waals surface area (Å²) in [4.78, 5) is 18.7. The third-order valence-corrected chi connectivity index (χ3v) is 5.77. The van der Waals surface area contributed by atoms with Crippen LogP contribution in [0.15, 0.2) is 67.0 Å². The molecule has 1 N–H and O–H groups in total. The van der Waals surface area contributed by atoms with Crippen LogP contribution in [0.5, 0.6) is 11.5 Å². The lowest BCUT2D eigenvalue weighted by molar-refractivity contribution is 0.0963. The van der Waals surface area contributed by atoms with Gasteiger partial charge in [0.05, 0.1) is 13.2 Å². The topological polar surface area (TPSA) is 63.7 Å². The van der Waals surface area contributed by atoms with Gasteiger partial charge in [0.1, 0.15) is 0 Å². The Bertz CT molecular complexity index is 1050. The summed E-state index contributed by atoms with van der Waals surface area (Å²) in [7, 11) is 3.30. The Balaban J connectivity index is 1.73. The Labute approximate surface area is 189 Å². The number of nitrogens with one attached hydrogen (secondary N) is 1. The van der Waals surface area contributed by atoms with Crippen molar-refractivity contribution in [3.63, 3.8) is 0 Å².